The van der Waals surface area contributed by atoms with Gasteiger partial charge in [0.2, 0.25) is 0 Å². The first kappa shape index (κ1) is 21.9. The van der Waals surface area contributed by atoms with Crippen LogP contribution < -0.4 is 4.74 Å². The third kappa shape index (κ3) is 4.88. The van der Waals surface area contributed by atoms with E-state index in [4.69, 9.17) is 4.74 Å². The minimum absolute atomic E-state index is 0.0164. The lowest BCUT2D eigenvalue weighted by Gasteiger charge is -2.18. The molecule has 2 atom stereocenters. The number of ketones is 3. The Hall–Kier alpha value is -2.44. The molecule has 1 aromatic rings. The molecule has 1 aliphatic rings. The summed E-state index contributed by atoms with van der Waals surface area (Å²) in [6.07, 6.45) is -4.04. The number of allylic oxidation sites excluding steroid dienone is 1. The van der Waals surface area contributed by atoms with E-state index in [1.54, 1.807) is 20.8 Å². The van der Waals surface area contributed by atoms with Gasteiger partial charge in [0.15, 0.2) is 18.2 Å². The molecule has 4 nitrogen and oxygen atoms in total. The Balaban J connectivity index is 2.24. The summed E-state index contributed by atoms with van der Waals surface area (Å²) in [5.74, 6) is -2.48. The van der Waals surface area contributed by atoms with Gasteiger partial charge >= 0.3 is 6.18 Å². The molecule has 0 aromatic heterocycles. The van der Waals surface area contributed by atoms with Crippen LogP contribution >= 0.6 is 0 Å². The Bertz CT molecular complexity index is 800. The van der Waals surface area contributed by atoms with E-state index >= 15 is 0 Å². The van der Waals surface area contributed by atoms with Crippen LogP contribution in [-0.2, 0) is 14.4 Å². The average molecular weight is 396 g/mol. The fourth-order valence-corrected chi connectivity index (χ4v) is 3.54. The molecule has 1 fully saturated rings. The number of ether oxygens (including phenoxy) is 1. The number of halogens is 3. The van der Waals surface area contributed by atoms with Gasteiger partial charge in [-0.2, -0.15) is 13.2 Å². The van der Waals surface area contributed by atoms with Crippen LogP contribution in [0.5, 0.6) is 5.75 Å². The highest BCUT2D eigenvalue weighted by atomic mass is 19.4. The van der Waals surface area contributed by atoms with Crippen LogP contribution in [0.2, 0.25) is 0 Å². The van der Waals surface area contributed by atoms with E-state index < -0.39 is 24.6 Å². The van der Waals surface area contributed by atoms with Gasteiger partial charge in [-0.3, -0.25) is 14.4 Å². The highest BCUT2D eigenvalue weighted by molar-refractivity contribution is 6.16. The van der Waals surface area contributed by atoms with E-state index in [2.05, 4.69) is 6.58 Å². The summed E-state index contributed by atoms with van der Waals surface area (Å²) in [5, 5.41) is 0. The molecule has 28 heavy (non-hydrogen) atoms. The maximum Gasteiger partial charge on any atom is 0.422 e. The van der Waals surface area contributed by atoms with Gasteiger partial charge in [-0.05, 0) is 54.7 Å². The highest BCUT2D eigenvalue weighted by Crippen LogP contribution is 2.39. The van der Waals surface area contributed by atoms with E-state index in [0.717, 1.165) is 0 Å². The van der Waals surface area contributed by atoms with Crippen LogP contribution in [-0.4, -0.2) is 30.1 Å². The number of Topliss-reactive ketones (excluding diaryl/α,β-unsaturated/α-hetero) is 3. The lowest BCUT2D eigenvalue weighted by molar-refractivity contribution is -0.153. The molecule has 152 valence electrons. The predicted molar refractivity (Wildman–Crippen MR) is 97.4 cm³/mol. The largest absolute Gasteiger partial charge is 0.484 e. The maximum atomic E-state index is 12.8. The number of carbonyl (C=O) groups is 3. The third-order valence-electron chi connectivity index (χ3n) is 4.97. The standard InChI is InChI=1S/C21H23F3O4/c1-5-11(2)16(25)8-14-9-17(26)19(20(14)27)18-12(3)6-15(7-13(18)4)28-10-21(22,23)24/h6-7,14,19H,2,5,8-10H2,1,3-4H3. The van der Waals surface area contributed by atoms with Crippen molar-refractivity contribution in [1.29, 1.82) is 0 Å². The van der Waals surface area contributed by atoms with Crippen molar-refractivity contribution in [3.8, 4) is 5.75 Å². The van der Waals surface area contributed by atoms with Crippen molar-refractivity contribution in [3.05, 3.63) is 41.0 Å². The summed E-state index contributed by atoms with van der Waals surface area (Å²) in [7, 11) is 0. The molecular formula is C21H23F3O4. The predicted octanol–water partition coefficient (Wildman–Crippen LogP) is 4.41. The first-order chi connectivity index (χ1) is 12.9. The van der Waals surface area contributed by atoms with Crippen LogP contribution in [0.15, 0.2) is 24.3 Å². The number of hydrogen-bond donors (Lipinski definition) is 0. The number of hydrogen-bond acceptors (Lipinski definition) is 4. The Kier molecular flexibility index (Phi) is 6.47. The first-order valence-corrected chi connectivity index (χ1v) is 9.02. The van der Waals surface area contributed by atoms with E-state index in [1.165, 1.54) is 12.1 Å². The molecule has 0 aliphatic heterocycles. The zero-order valence-corrected chi connectivity index (χ0v) is 16.1. The first-order valence-electron chi connectivity index (χ1n) is 9.02. The van der Waals surface area contributed by atoms with Crippen molar-refractivity contribution in [1.82, 2.24) is 0 Å². The fourth-order valence-electron chi connectivity index (χ4n) is 3.54. The minimum Gasteiger partial charge on any atom is -0.484 e. The number of rotatable bonds is 7. The molecule has 0 N–H and O–H groups in total. The van der Waals surface area contributed by atoms with Crippen LogP contribution in [0, 0.1) is 19.8 Å². The molecule has 0 saturated heterocycles. The molecule has 0 bridgehead atoms. The van der Waals surface area contributed by atoms with Gasteiger partial charge in [0.05, 0.1) is 0 Å². The van der Waals surface area contributed by atoms with Crippen molar-refractivity contribution in [2.45, 2.75) is 52.1 Å². The van der Waals surface area contributed by atoms with Gasteiger partial charge in [0.25, 0.3) is 0 Å². The zero-order valence-electron chi connectivity index (χ0n) is 16.1. The Labute approximate surface area is 161 Å². The van der Waals surface area contributed by atoms with Crippen molar-refractivity contribution in [2.24, 2.45) is 5.92 Å². The van der Waals surface area contributed by atoms with Gasteiger partial charge in [-0.25, -0.2) is 0 Å². The molecule has 1 saturated carbocycles. The molecule has 1 aliphatic carbocycles. The number of carbonyl (C=O) groups excluding carboxylic acids is 3. The number of alkyl halides is 3. The van der Waals surface area contributed by atoms with Gasteiger partial charge < -0.3 is 4.74 Å². The highest BCUT2D eigenvalue weighted by Gasteiger charge is 2.44. The molecule has 0 amide bonds. The molecule has 7 heteroatoms. The van der Waals surface area contributed by atoms with E-state index in [0.29, 0.717) is 28.7 Å². The Morgan fingerprint density at radius 1 is 1.21 bits per heavy atom. The van der Waals surface area contributed by atoms with E-state index in [1.807, 2.05) is 0 Å². The molecule has 2 rings (SSSR count). The normalized spacial score (nSPS) is 19.8. The van der Waals surface area contributed by atoms with Crippen molar-refractivity contribution >= 4 is 17.3 Å². The monoisotopic (exact) mass is 396 g/mol. The Morgan fingerprint density at radius 3 is 2.29 bits per heavy atom. The summed E-state index contributed by atoms with van der Waals surface area (Å²) in [6.45, 7) is 7.29. The van der Waals surface area contributed by atoms with Crippen LogP contribution in [0.3, 0.4) is 0 Å². The second kappa shape index (κ2) is 8.29. The number of aryl methyl sites for hydroxylation is 2. The van der Waals surface area contributed by atoms with E-state index in [9.17, 15) is 27.6 Å². The molecular weight excluding hydrogens is 373 g/mol. The van der Waals surface area contributed by atoms with Crippen LogP contribution in [0.1, 0.15) is 48.8 Å². The second-order valence-corrected chi connectivity index (χ2v) is 7.16. The molecule has 0 heterocycles. The van der Waals surface area contributed by atoms with Crippen LogP contribution in [0.4, 0.5) is 13.2 Å². The quantitative estimate of drug-likeness (QED) is 0.506. The molecule has 1 aromatic carbocycles. The van der Waals surface area contributed by atoms with Gasteiger partial charge in [-0.15, -0.1) is 0 Å². The maximum absolute atomic E-state index is 12.8. The topological polar surface area (TPSA) is 60.4 Å². The summed E-state index contributed by atoms with van der Waals surface area (Å²) < 4.78 is 41.8. The van der Waals surface area contributed by atoms with Gasteiger partial charge in [-0.1, -0.05) is 13.5 Å². The van der Waals surface area contributed by atoms with Crippen molar-refractivity contribution in [3.63, 3.8) is 0 Å². The SMILES string of the molecule is C=C(CC)C(=O)CC1CC(=O)C(c2c(C)cc(OCC(F)(F)F)cc2C)C1=O. The summed E-state index contributed by atoms with van der Waals surface area (Å²) in [6, 6.07) is 2.79. The van der Waals surface area contributed by atoms with Crippen molar-refractivity contribution in [2.75, 3.05) is 6.61 Å². The fraction of sp³-hybridized carbons (Fsp3) is 0.476. The third-order valence-corrected chi connectivity index (χ3v) is 4.97. The summed E-state index contributed by atoms with van der Waals surface area (Å²) >= 11 is 0. The van der Waals surface area contributed by atoms with Crippen LogP contribution in [0.25, 0.3) is 0 Å². The van der Waals surface area contributed by atoms with Crippen molar-refractivity contribution < 1.29 is 32.3 Å². The van der Waals surface area contributed by atoms with Gasteiger partial charge in [0, 0.05) is 18.8 Å². The summed E-state index contributed by atoms with van der Waals surface area (Å²) in [4.78, 5) is 37.4. The molecule has 0 radical (unpaired) electrons. The second-order valence-electron chi connectivity index (χ2n) is 7.16. The average Bonchev–Trinajstić information content (AvgIpc) is 2.85. The van der Waals surface area contributed by atoms with E-state index in [-0.39, 0.29) is 35.9 Å². The molecule has 2 unspecified atom stereocenters. The smallest absolute Gasteiger partial charge is 0.422 e. The lowest BCUT2D eigenvalue weighted by Crippen LogP contribution is -2.21. The lowest BCUT2D eigenvalue weighted by atomic mass is 9.86. The molecule has 0 spiro atoms. The minimum atomic E-state index is -4.46. The zero-order chi connectivity index (χ0) is 21.2. The number of benzene rings is 1. The summed E-state index contributed by atoms with van der Waals surface area (Å²) in [5.41, 5.74) is 1.92. The Morgan fingerprint density at radius 2 is 1.79 bits per heavy atom. The van der Waals surface area contributed by atoms with Gasteiger partial charge in [0.1, 0.15) is 17.5 Å².